The second-order valence-electron chi connectivity index (χ2n) is 3.16. The number of rotatable bonds is 4. The van der Waals surface area contributed by atoms with Crippen molar-refractivity contribution in [3.05, 3.63) is 41.2 Å². The number of nitrogens with zero attached hydrogens (tertiary/aromatic N) is 3. The predicted octanol–water partition coefficient (Wildman–Crippen LogP) is 3.01. The van der Waals surface area contributed by atoms with E-state index in [2.05, 4.69) is 25.9 Å². The number of hydrogen-bond donors (Lipinski definition) is 0. The zero-order chi connectivity index (χ0) is 12.3. The van der Waals surface area contributed by atoms with Crippen molar-refractivity contribution in [1.82, 2.24) is 14.5 Å². The molecule has 0 spiro atoms. The van der Waals surface area contributed by atoms with Gasteiger partial charge in [0.1, 0.15) is 12.4 Å². The summed E-state index contributed by atoms with van der Waals surface area (Å²) in [6, 6.07) is 1.70. The average molecular weight is 304 g/mol. The average Bonchev–Trinajstić information content (AvgIpc) is 2.74. The van der Waals surface area contributed by atoms with E-state index in [1.54, 1.807) is 12.3 Å². The smallest absolute Gasteiger partial charge is 0.320 e. The molecule has 0 saturated carbocycles. The molecule has 0 amide bonds. The fourth-order valence-corrected chi connectivity index (χ4v) is 1.60. The topological polar surface area (TPSA) is 39.9 Å². The van der Waals surface area contributed by atoms with Crippen LogP contribution >= 0.6 is 15.9 Å². The molecule has 2 heterocycles. The van der Waals surface area contributed by atoms with Gasteiger partial charge in [-0.05, 0) is 22.0 Å². The van der Waals surface area contributed by atoms with Crippen LogP contribution in [0.4, 0.5) is 8.78 Å². The van der Waals surface area contributed by atoms with Gasteiger partial charge in [0.25, 0.3) is 0 Å². The number of hydrogen-bond acceptors (Lipinski definition) is 3. The Hall–Kier alpha value is -1.50. The van der Waals surface area contributed by atoms with Gasteiger partial charge in [0.05, 0.1) is 6.20 Å². The van der Waals surface area contributed by atoms with Crippen molar-refractivity contribution in [3.8, 4) is 5.75 Å². The molecule has 0 aliphatic carbocycles. The van der Waals surface area contributed by atoms with Gasteiger partial charge in [0.2, 0.25) is 0 Å². The van der Waals surface area contributed by atoms with Crippen molar-refractivity contribution in [1.29, 1.82) is 0 Å². The van der Waals surface area contributed by atoms with Gasteiger partial charge in [-0.25, -0.2) is 4.98 Å². The van der Waals surface area contributed by atoms with Crippen LogP contribution in [-0.4, -0.2) is 14.5 Å². The molecule has 0 fully saturated rings. The normalized spacial score (nSPS) is 10.8. The third-order valence-corrected chi connectivity index (χ3v) is 2.44. The van der Waals surface area contributed by atoms with E-state index in [0.29, 0.717) is 5.75 Å². The number of halogens is 3. The number of aromatic nitrogens is 3. The van der Waals surface area contributed by atoms with Gasteiger partial charge in [-0.2, -0.15) is 8.78 Å². The third kappa shape index (κ3) is 3.00. The SMILES string of the molecule is FC(F)n1ccnc1COc1cncc(Br)c1. The van der Waals surface area contributed by atoms with E-state index >= 15 is 0 Å². The minimum Gasteiger partial charge on any atom is -0.484 e. The summed E-state index contributed by atoms with van der Waals surface area (Å²) >= 11 is 3.24. The molecular formula is C10H8BrF2N3O. The lowest BCUT2D eigenvalue weighted by Gasteiger charge is -2.08. The predicted molar refractivity (Wildman–Crippen MR) is 59.7 cm³/mol. The second-order valence-corrected chi connectivity index (χ2v) is 4.07. The van der Waals surface area contributed by atoms with E-state index in [1.165, 1.54) is 18.6 Å². The summed E-state index contributed by atoms with van der Waals surface area (Å²) in [5.74, 6) is 0.656. The highest BCUT2D eigenvalue weighted by molar-refractivity contribution is 9.10. The Morgan fingerprint density at radius 3 is 2.94 bits per heavy atom. The van der Waals surface area contributed by atoms with Crippen LogP contribution in [0.5, 0.6) is 5.75 Å². The van der Waals surface area contributed by atoms with Crippen LogP contribution in [0.15, 0.2) is 35.3 Å². The van der Waals surface area contributed by atoms with Crippen LogP contribution in [0, 0.1) is 0 Å². The zero-order valence-corrected chi connectivity index (χ0v) is 10.1. The van der Waals surface area contributed by atoms with Crippen LogP contribution in [0.2, 0.25) is 0 Å². The summed E-state index contributed by atoms with van der Waals surface area (Å²) in [5, 5.41) is 0. The number of imidazole rings is 1. The quantitative estimate of drug-likeness (QED) is 0.871. The summed E-state index contributed by atoms with van der Waals surface area (Å²) in [4.78, 5) is 7.70. The van der Waals surface area contributed by atoms with Crippen molar-refractivity contribution in [2.24, 2.45) is 0 Å². The molecule has 90 valence electrons. The first kappa shape index (κ1) is 12.0. The lowest BCUT2D eigenvalue weighted by molar-refractivity contribution is 0.0632. The molecule has 7 heteroatoms. The van der Waals surface area contributed by atoms with Crippen LogP contribution in [0.25, 0.3) is 0 Å². The van der Waals surface area contributed by atoms with Crippen LogP contribution in [-0.2, 0) is 6.61 Å². The van der Waals surface area contributed by atoms with E-state index in [-0.39, 0.29) is 12.4 Å². The van der Waals surface area contributed by atoms with E-state index in [9.17, 15) is 8.78 Å². The maximum absolute atomic E-state index is 12.5. The number of alkyl halides is 2. The summed E-state index contributed by atoms with van der Waals surface area (Å²) in [7, 11) is 0. The maximum Gasteiger partial charge on any atom is 0.320 e. The van der Waals surface area contributed by atoms with Gasteiger partial charge in [-0.3, -0.25) is 9.55 Å². The highest BCUT2D eigenvalue weighted by Crippen LogP contribution is 2.18. The lowest BCUT2D eigenvalue weighted by Crippen LogP contribution is -2.07. The standard InChI is InChI=1S/C10H8BrF2N3O/c11-7-3-8(5-14-4-7)17-6-9-15-1-2-16(9)10(12)13/h1-5,10H,6H2. The Bertz CT molecular complexity index is 504. The minimum absolute atomic E-state index is 0.0323. The molecular weight excluding hydrogens is 296 g/mol. The monoisotopic (exact) mass is 303 g/mol. The largest absolute Gasteiger partial charge is 0.484 e. The van der Waals surface area contributed by atoms with Crippen molar-refractivity contribution in [2.45, 2.75) is 13.2 Å². The Balaban J connectivity index is 2.05. The Morgan fingerprint density at radius 1 is 1.41 bits per heavy atom. The molecule has 0 radical (unpaired) electrons. The minimum atomic E-state index is -2.61. The second kappa shape index (κ2) is 5.22. The Kier molecular flexibility index (Phi) is 3.68. The van der Waals surface area contributed by atoms with Gasteiger partial charge in [-0.1, -0.05) is 0 Å². The fraction of sp³-hybridized carbons (Fsp3) is 0.200. The highest BCUT2D eigenvalue weighted by atomic mass is 79.9. The fourth-order valence-electron chi connectivity index (χ4n) is 1.25. The molecule has 0 aromatic carbocycles. The Morgan fingerprint density at radius 2 is 2.24 bits per heavy atom. The molecule has 0 saturated heterocycles. The van der Waals surface area contributed by atoms with Gasteiger partial charge < -0.3 is 4.74 Å². The number of ether oxygens (including phenoxy) is 1. The van der Waals surface area contributed by atoms with Gasteiger partial charge in [0, 0.05) is 23.1 Å². The summed E-state index contributed by atoms with van der Waals surface area (Å²) < 4.78 is 31.8. The van der Waals surface area contributed by atoms with E-state index in [1.807, 2.05) is 0 Å². The van der Waals surface area contributed by atoms with Crippen molar-refractivity contribution >= 4 is 15.9 Å². The molecule has 17 heavy (non-hydrogen) atoms. The summed E-state index contributed by atoms with van der Waals surface area (Å²) in [5.41, 5.74) is 0. The molecule has 0 aliphatic rings. The van der Waals surface area contributed by atoms with Crippen LogP contribution < -0.4 is 4.74 Å². The first-order valence-electron chi connectivity index (χ1n) is 4.70. The highest BCUT2D eigenvalue weighted by Gasteiger charge is 2.11. The third-order valence-electron chi connectivity index (χ3n) is 2.01. The molecule has 2 aromatic heterocycles. The Labute approximate surface area is 104 Å². The van der Waals surface area contributed by atoms with E-state index < -0.39 is 6.55 Å². The van der Waals surface area contributed by atoms with Crippen LogP contribution in [0.1, 0.15) is 12.4 Å². The molecule has 0 unspecified atom stereocenters. The van der Waals surface area contributed by atoms with Gasteiger partial charge in [-0.15, -0.1) is 0 Å². The lowest BCUT2D eigenvalue weighted by atomic mass is 10.5. The molecule has 2 aromatic rings. The zero-order valence-electron chi connectivity index (χ0n) is 8.55. The summed E-state index contributed by atoms with van der Waals surface area (Å²) in [6.45, 7) is -2.65. The van der Waals surface area contributed by atoms with Crippen LogP contribution in [0.3, 0.4) is 0 Å². The van der Waals surface area contributed by atoms with Crippen molar-refractivity contribution < 1.29 is 13.5 Å². The van der Waals surface area contributed by atoms with Crippen molar-refractivity contribution in [3.63, 3.8) is 0 Å². The molecule has 4 nitrogen and oxygen atoms in total. The van der Waals surface area contributed by atoms with E-state index in [0.717, 1.165) is 9.04 Å². The maximum atomic E-state index is 12.5. The van der Waals surface area contributed by atoms with E-state index in [4.69, 9.17) is 4.74 Å². The first-order chi connectivity index (χ1) is 8.16. The molecule has 0 aliphatic heterocycles. The van der Waals surface area contributed by atoms with Crippen molar-refractivity contribution in [2.75, 3.05) is 0 Å². The van der Waals surface area contributed by atoms with Gasteiger partial charge in [0.15, 0.2) is 5.82 Å². The van der Waals surface area contributed by atoms with Gasteiger partial charge >= 0.3 is 6.55 Å². The molecule has 0 N–H and O–H groups in total. The molecule has 0 atom stereocenters. The molecule has 0 bridgehead atoms. The summed E-state index contributed by atoms with van der Waals surface area (Å²) in [6.07, 6.45) is 5.62. The number of pyridine rings is 1. The molecule has 2 rings (SSSR count). The first-order valence-corrected chi connectivity index (χ1v) is 5.49.